The van der Waals surface area contributed by atoms with Crippen molar-refractivity contribution < 1.29 is 47.4 Å². The van der Waals surface area contributed by atoms with Crippen molar-refractivity contribution in [1.29, 1.82) is 15.8 Å². The Balaban J connectivity index is 1.16. The topological polar surface area (TPSA) is 182 Å². The maximum Gasteiger partial charge on any atom is 0.172 e. The highest BCUT2D eigenvalue weighted by Crippen LogP contribution is 2.44. The van der Waals surface area contributed by atoms with Gasteiger partial charge in [0, 0.05) is 52.6 Å². The van der Waals surface area contributed by atoms with Crippen LogP contribution in [0.5, 0.6) is 17.2 Å². The van der Waals surface area contributed by atoms with Crippen molar-refractivity contribution in [3.63, 3.8) is 0 Å². The Morgan fingerprint density at radius 1 is 0.667 bits per heavy atom. The number of hydrogen-bond donors (Lipinski definition) is 1. The van der Waals surface area contributed by atoms with E-state index >= 15 is 0 Å². The van der Waals surface area contributed by atoms with E-state index in [0.717, 1.165) is 62.9 Å². The zero-order chi connectivity index (χ0) is 56.0. The Morgan fingerprint density at radius 2 is 1.29 bits per heavy atom. The molecule has 0 spiro atoms. The third-order valence-electron chi connectivity index (χ3n) is 12.7. The van der Waals surface area contributed by atoms with Crippen molar-refractivity contribution in [2.75, 3.05) is 135 Å². The molecule has 78 heavy (non-hydrogen) atoms. The Hall–Kier alpha value is -7.33. The van der Waals surface area contributed by atoms with E-state index in [1.165, 1.54) is 0 Å². The molecule has 0 amide bonds. The molecule has 0 radical (unpaired) electrons. The van der Waals surface area contributed by atoms with Crippen LogP contribution in [0, 0.1) is 47.8 Å². The van der Waals surface area contributed by atoms with Crippen LogP contribution in [0.15, 0.2) is 114 Å². The van der Waals surface area contributed by atoms with Gasteiger partial charge in [0.1, 0.15) is 66.6 Å². The Bertz CT molecular complexity index is 2720. The molecular weight excluding hydrogens is 989 g/mol. The molecule has 1 heterocycles. The van der Waals surface area contributed by atoms with Gasteiger partial charge in [-0.1, -0.05) is 67.3 Å². The Labute approximate surface area is 462 Å². The van der Waals surface area contributed by atoms with Crippen LogP contribution >= 0.6 is 0 Å². The number of allylic oxidation sites excluding steroid dienone is 2. The molecule has 1 N–H and O–H groups in total. The van der Waals surface area contributed by atoms with Gasteiger partial charge in [0.15, 0.2) is 11.3 Å². The lowest BCUT2D eigenvalue weighted by molar-refractivity contribution is 0.0465. The number of nitrogens with zero attached hydrogens (tertiary/aromatic N) is 5. The minimum atomic E-state index is -1.01. The van der Waals surface area contributed by atoms with Crippen LogP contribution in [0.1, 0.15) is 61.4 Å². The van der Waals surface area contributed by atoms with Crippen LogP contribution in [-0.2, 0) is 39.8 Å². The number of ether oxygens (including phenoxy) is 10. The summed E-state index contributed by atoms with van der Waals surface area (Å²) in [5, 5.41) is 33.4. The number of rotatable bonds is 37. The number of hydrogen-bond acceptors (Lipinski definition) is 16. The minimum absolute atomic E-state index is 0.0166. The monoisotopic (exact) mass is 1070 g/mol. The van der Waals surface area contributed by atoms with Crippen LogP contribution in [0.4, 0.5) is 17.1 Å². The summed E-state index contributed by atoms with van der Waals surface area (Å²) in [7, 11) is 3.28. The molecule has 0 aromatic heterocycles. The highest BCUT2D eigenvalue weighted by molar-refractivity contribution is 5.68. The molecule has 416 valence electrons. The minimum Gasteiger partial charge on any atom is -0.492 e. The number of likely N-dealkylation sites (N-methyl/N-ethyl adjacent to an activating group) is 1. The Kier molecular flexibility index (Phi) is 26.6. The number of methoxy groups -OCH3 is 2. The van der Waals surface area contributed by atoms with Gasteiger partial charge in [-0.25, -0.2) is 0 Å². The average Bonchev–Trinajstić information content (AvgIpc) is 3.76. The Morgan fingerprint density at radius 3 is 1.94 bits per heavy atom. The molecule has 0 aliphatic carbocycles. The molecule has 16 heteroatoms. The van der Waals surface area contributed by atoms with Crippen LogP contribution in [0.3, 0.4) is 0 Å². The molecular formula is C62H78N6O10. The lowest BCUT2D eigenvalue weighted by Gasteiger charge is -2.27. The summed E-state index contributed by atoms with van der Waals surface area (Å²) in [5.41, 5.74) is 7.21. The third-order valence-corrected chi connectivity index (χ3v) is 12.7. The van der Waals surface area contributed by atoms with E-state index in [1.54, 1.807) is 20.3 Å². The van der Waals surface area contributed by atoms with Gasteiger partial charge in [0.05, 0.1) is 76.5 Å². The summed E-state index contributed by atoms with van der Waals surface area (Å²) >= 11 is 0. The molecule has 0 saturated carbocycles. The standard InChI is InChI=1S/C62H78N6O10/c1-9-49-15-17-51(18-16-49)45-73-29-12-25-62(6)54(53(44-65)61(78-62)52(42-63)43-64)21-19-50-20-22-55(58(41-50)77-38-34-70-8)66-26-30-76-60-40-48(5)13-23-56(60)67(10-2)27-31-71-36-37-72-32-28-68(46-74-35-33-69-7)57-24-14-47(4)39-59(57)75-11-3/h9,13-24,39-41,66H,1,10-12,25-38,45-46H2,2-8H3/b21-19+. The second-order valence-electron chi connectivity index (χ2n) is 18.4. The van der Waals surface area contributed by atoms with Crippen molar-refractivity contribution >= 4 is 29.2 Å². The summed E-state index contributed by atoms with van der Waals surface area (Å²) in [4.78, 5) is 4.36. The molecule has 1 aliphatic heterocycles. The molecule has 1 unspecified atom stereocenters. The number of nitrogens with one attached hydrogen (secondary N) is 1. The number of aryl methyl sites for hydroxylation is 2. The summed E-state index contributed by atoms with van der Waals surface area (Å²) in [6.45, 7) is 22.2. The fourth-order valence-corrected chi connectivity index (χ4v) is 8.54. The van der Waals surface area contributed by atoms with Crippen LogP contribution in [0.2, 0.25) is 0 Å². The number of benzene rings is 4. The molecule has 0 saturated heterocycles. The van der Waals surface area contributed by atoms with Gasteiger partial charge in [-0.2, -0.15) is 15.8 Å². The van der Waals surface area contributed by atoms with E-state index in [4.69, 9.17) is 47.4 Å². The molecule has 5 rings (SSSR count). The van der Waals surface area contributed by atoms with Gasteiger partial charge in [-0.05, 0) is 112 Å². The second-order valence-corrected chi connectivity index (χ2v) is 18.4. The van der Waals surface area contributed by atoms with E-state index in [1.807, 2.05) is 101 Å². The quantitative estimate of drug-likeness (QED) is 0.0255. The molecule has 16 nitrogen and oxygen atoms in total. The van der Waals surface area contributed by atoms with Crippen molar-refractivity contribution in [3.8, 4) is 35.5 Å². The van der Waals surface area contributed by atoms with Crippen molar-refractivity contribution in [3.05, 3.63) is 142 Å². The third kappa shape index (κ3) is 19.0. The number of anilines is 3. The van der Waals surface area contributed by atoms with Gasteiger partial charge in [-0.15, -0.1) is 0 Å². The van der Waals surface area contributed by atoms with Gasteiger partial charge >= 0.3 is 0 Å². The summed E-state index contributed by atoms with van der Waals surface area (Å²) in [6, 6.07) is 32.2. The predicted molar refractivity (Wildman–Crippen MR) is 306 cm³/mol. The maximum atomic E-state index is 10.4. The van der Waals surface area contributed by atoms with Crippen molar-refractivity contribution in [2.24, 2.45) is 0 Å². The second kappa shape index (κ2) is 33.7. The van der Waals surface area contributed by atoms with Gasteiger partial charge < -0.3 is 62.5 Å². The predicted octanol–water partition coefficient (Wildman–Crippen LogP) is 10.8. The number of nitriles is 3. The molecule has 1 atom stereocenters. The fourth-order valence-electron chi connectivity index (χ4n) is 8.54. The van der Waals surface area contributed by atoms with Crippen LogP contribution < -0.4 is 29.3 Å². The first-order chi connectivity index (χ1) is 38.0. The smallest absolute Gasteiger partial charge is 0.172 e. The van der Waals surface area contributed by atoms with E-state index in [9.17, 15) is 15.8 Å². The molecule has 0 bridgehead atoms. The highest BCUT2D eigenvalue weighted by Gasteiger charge is 2.42. The van der Waals surface area contributed by atoms with Crippen molar-refractivity contribution in [1.82, 2.24) is 0 Å². The van der Waals surface area contributed by atoms with E-state index in [-0.39, 0.29) is 16.9 Å². The van der Waals surface area contributed by atoms with E-state index < -0.39 is 5.60 Å². The van der Waals surface area contributed by atoms with Crippen LogP contribution in [-0.4, -0.2) is 125 Å². The average molecular weight is 1070 g/mol. The lowest BCUT2D eigenvalue weighted by Crippen LogP contribution is -2.31. The summed E-state index contributed by atoms with van der Waals surface area (Å²) in [6.07, 6.45) is 6.54. The molecule has 4 aromatic carbocycles. The lowest BCUT2D eigenvalue weighted by atomic mass is 9.88. The van der Waals surface area contributed by atoms with Gasteiger partial charge in [0.25, 0.3) is 0 Å². The zero-order valence-corrected chi connectivity index (χ0v) is 46.7. The van der Waals surface area contributed by atoms with Gasteiger partial charge in [-0.3, -0.25) is 0 Å². The van der Waals surface area contributed by atoms with Crippen molar-refractivity contribution in [2.45, 2.75) is 59.7 Å². The van der Waals surface area contributed by atoms with Crippen LogP contribution in [0.25, 0.3) is 12.2 Å². The maximum absolute atomic E-state index is 10.4. The fraction of sp³-hybridized carbons (Fsp3) is 0.435. The first kappa shape index (κ1) is 61.5. The first-order valence-corrected chi connectivity index (χ1v) is 26.6. The largest absolute Gasteiger partial charge is 0.492 e. The normalized spacial score (nSPS) is 13.9. The summed E-state index contributed by atoms with van der Waals surface area (Å²) < 4.78 is 59.4. The zero-order valence-electron chi connectivity index (χ0n) is 46.7. The highest BCUT2D eigenvalue weighted by atomic mass is 16.5. The molecule has 4 aromatic rings. The molecule has 1 aliphatic rings. The molecule has 0 fully saturated rings. The van der Waals surface area contributed by atoms with E-state index in [2.05, 4.69) is 65.0 Å². The van der Waals surface area contributed by atoms with Gasteiger partial charge in [0.2, 0.25) is 0 Å². The summed E-state index contributed by atoms with van der Waals surface area (Å²) in [5.74, 6) is 2.18. The van der Waals surface area contributed by atoms with E-state index in [0.29, 0.717) is 130 Å². The SMILES string of the molecule is C=Cc1ccc(COCCCC2(C)OC(=C(C#N)C#N)C(C#N)=C2/C=C/c2ccc(NCCOc3cc(C)ccc3N(CC)CCOCCOCCN(COCCOC)c3ccc(C)cc3OCC)c(OCCOC)c2)cc1. The first-order valence-electron chi connectivity index (χ1n) is 26.6.